The highest BCUT2D eigenvalue weighted by Crippen LogP contribution is 2.21. The van der Waals surface area contributed by atoms with Crippen molar-refractivity contribution in [1.29, 1.82) is 0 Å². The standard InChI is InChI=1S/C18H30N2O3/c1-6-23-16-9-7-15(8-10-16)14(3)20-17(22)19-12-18(4,5)11-13(2)21/h7-10,13-14,21H,6,11-12H2,1-5H3,(H2,19,20,22). The van der Waals surface area contributed by atoms with Gasteiger partial charge in [0.1, 0.15) is 5.75 Å². The number of hydrogen-bond acceptors (Lipinski definition) is 3. The van der Waals surface area contributed by atoms with Gasteiger partial charge in [-0.15, -0.1) is 0 Å². The first-order valence-electron chi connectivity index (χ1n) is 8.18. The second-order valence-corrected chi connectivity index (χ2v) is 6.77. The summed E-state index contributed by atoms with van der Waals surface area (Å²) in [7, 11) is 0. The van der Waals surface area contributed by atoms with Crippen LogP contribution in [-0.4, -0.2) is 30.4 Å². The highest BCUT2D eigenvalue weighted by molar-refractivity contribution is 5.74. The van der Waals surface area contributed by atoms with Crippen LogP contribution < -0.4 is 15.4 Å². The Labute approximate surface area is 139 Å². The van der Waals surface area contributed by atoms with E-state index in [1.54, 1.807) is 6.92 Å². The molecule has 5 nitrogen and oxygen atoms in total. The maximum absolute atomic E-state index is 12.0. The molecular formula is C18H30N2O3. The van der Waals surface area contributed by atoms with Gasteiger partial charge in [0.05, 0.1) is 18.8 Å². The number of aliphatic hydroxyl groups excluding tert-OH is 1. The third kappa shape index (κ3) is 7.37. The first kappa shape index (κ1) is 19.3. The number of amides is 2. The number of hydrogen-bond donors (Lipinski definition) is 3. The molecule has 0 spiro atoms. The van der Waals surface area contributed by atoms with E-state index < -0.39 is 0 Å². The summed E-state index contributed by atoms with van der Waals surface area (Å²) in [6.45, 7) is 10.8. The lowest BCUT2D eigenvalue weighted by atomic mass is 9.87. The normalized spacial score (nSPS) is 14.0. The minimum absolute atomic E-state index is 0.0921. The van der Waals surface area contributed by atoms with Gasteiger partial charge in [0.15, 0.2) is 0 Å². The van der Waals surface area contributed by atoms with Crippen LogP contribution in [0.5, 0.6) is 5.75 Å². The van der Waals surface area contributed by atoms with E-state index in [-0.39, 0.29) is 23.6 Å². The van der Waals surface area contributed by atoms with Crippen LogP contribution in [0.3, 0.4) is 0 Å². The highest BCUT2D eigenvalue weighted by Gasteiger charge is 2.21. The summed E-state index contributed by atoms with van der Waals surface area (Å²) in [4.78, 5) is 12.0. The van der Waals surface area contributed by atoms with Crippen molar-refractivity contribution in [2.75, 3.05) is 13.2 Å². The average molecular weight is 322 g/mol. The van der Waals surface area contributed by atoms with Gasteiger partial charge in [0.2, 0.25) is 0 Å². The Morgan fingerprint density at radius 2 is 1.87 bits per heavy atom. The third-order valence-electron chi connectivity index (χ3n) is 3.61. The minimum Gasteiger partial charge on any atom is -0.494 e. The van der Waals surface area contributed by atoms with E-state index in [0.29, 0.717) is 19.6 Å². The van der Waals surface area contributed by atoms with Crippen molar-refractivity contribution >= 4 is 6.03 Å². The zero-order valence-corrected chi connectivity index (χ0v) is 14.8. The molecule has 0 fully saturated rings. The van der Waals surface area contributed by atoms with Gasteiger partial charge >= 0.3 is 6.03 Å². The molecule has 0 aliphatic rings. The van der Waals surface area contributed by atoms with Crippen LogP contribution in [0.4, 0.5) is 4.79 Å². The Kier molecular flexibility index (Phi) is 7.36. The monoisotopic (exact) mass is 322 g/mol. The van der Waals surface area contributed by atoms with Crippen molar-refractivity contribution in [1.82, 2.24) is 10.6 Å². The molecule has 2 atom stereocenters. The van der Waals surface area contributed by atoms with Gasteiger partial charge in [-0.1, -0.05) is 26.0 Å². The maximum atomic E-state index is 12.0. The second kappa shape index (κ2) is 8.77. The smallest absolute Gasteiger partial charge is 0.315 e. The van der Waals surface area contributed by atoms with Gasteiger partial charge in [-0.25, -0.2) is 4.79 Å². The first-order valence-corrected chi connectivity index (χ1v) is 8.18. The molecule has 0 bridgehead atoms. The largest absolute Gasteiger partial charge is 0.494 e. The Hall–Kier alpha value is -1.75. The van der Waals surface area contributed by atoms with Crippen LogP contribution in [0, 0.1) is 5.41 Å². The molecule has 0 saturated heterocycles. The molecule has 3 N–H and O–H groups in total. The molecule has 0 aromatic heterocycles. The number of urea groups is 1. The molecule has 0 aliphatic heterocycles. The van der Waals surface area contributed by atoms with Gasteiger partial charge in [-0.05, 0) is 50.3 Å². The summed E-state index contributed by atoms with van der Waals surface area (Å²) in [5, 5.41) is 15.3. The summed E-state index contributed by atoms with van der Waals surface area (Å²) < 4.78 is 5.41. The Morgan fingerprint density at radius 1 is 1.26 bits per heavy atom. The highest BCUT2D eigenvalue weighted by atomic mass is 16.5. The average Bonchev–Trinajstić information content (AvgIpc) is 2.45. The van der Waals surface area contributed by atoms with E-state index in [9.17, 15) is 9.90 Å². The maximum Gasteiger partial charge on any atom is 0.315 e. The lowest BCUT2D eigenvalue weighted by molar-refractivity contribution is 0.128. The van der Waals surface area contributed by atoms with Crippen LogP contribution in [0.25, 0.3) is 0 Å². The Balaban J connectivity index is 2.47. The predicted molar refractivity (Wildman–Crippen MR) is 92.6 cm³/mol. The van der Waals surface area contributed by atoms with E-state index in [2.05, 4.69) is 10.6 Å². The van der Waals surface area contributed by atoms with Gasteiger partial charge in [-0.2, -0.15) is 0 Å². The molecule has 1 rings (SSSR count). The lowest BCUT2D eigenvalue weighted by Gasteiger charge is -2.27. The van der Waals surface area contributed by atoms with Gasteiger partial charge < -0.3 is 20.5 Å². The molecule has 0 radical (unpaired) electrons. The summed E-state index contributed by atoms with van der Waals surface area (Å²) in [6.07, 6.45) is 0.263. The van der Waals surface area contributed by atoms with Crippen molar-refractivity contribution < 1.29 is 14.6 Å². The summed E-state index contributed by atoms with van der Waals surface area (Å²) in [5.41, 5.74) is 0.875. The molecule has 0 heterocycles. The van der Waals surface area contributed by atoms with Crippen molar-refractivity contribution in [3.63, 3.8) is 0 Å². The van der Waals surface area contributed by atoms with Gasteiger partial charge in [0.25, 0.3) is 0 Å². The Morgan fingerprint density at radius 3 is 2.39 bits per heavy atom. The van der Waals surface area contributed by atoms with Gasteiger partial charge in [-0.3, -0.25) is 0 Å². The number of aliphatic hydroxyl groups is 1. The number of rotatable bonds is 8. The van der Waals surface area contributed by atoms with Gasteiger partial charge in [0, 0.05) is 6.54 Å². The molecule has 130 valence electrons. The van der Waals surface area contributed by atoms with Crippen LogP contribution in [0.2, 0.25) is 0 Å². The van der Waals surface area contributed by atoms with E-state index in [4.69, 9.17) is 4.74 Å². The Bertz CT molecular complexity index is 484. The number of benzene rings is 1. The molecule has 1 aromatic carbocycles. The van der Waals surface area contributed by atoms with E-state index >= 15 is 0 Å². The van der Waals surface area contributed by atoms with Crippen LogP contribution in [0.15, 0.2) is 24.3 Å². The van der Waals surface area contributed by atoms with E-state index in [1.807, 2.05) is 52.0 Å². The molecule has 5 heteroatoms. The zero-order valence-electron chi connectivity index (χ0n) is 14.8. The van der Waals surface area contributed by atoms with Crippen molar-refractivity contribution in [2.45, 2.75) is 53.2 Å². The molecule has 0 saturated carbocycles. The molecule has 2 unspecified atom stereocenters. The molecule has 1 aromatic rings. The number of ether oxygens (including phenoxy) is 1. The number of nitrogens with one attached hydrogen (secondary N) is 2. The molecule has 0 aliphatic carbocycles. The predicted octanol–water partition coefficient (Wildman–Crippen LogP) is 3.24. The fourth-order valence-electron chi connectivity index (χ4n) is 2.54. The summed E-state index contributed by atoms with van der Waals surface area (Å²) in [6, 6.07) is 7.41. The van der Waals surface area contributed by atoms with Crippen molar-refractivity contribution in [3.8, 4) is 5.75 Å². The number of carbonyl (C=O) groups excluding carboxylic acids is 1. The second-order valence-electron chi connectivity index (χ2n) is 6.77. The lowest BCUT2D eigenvalue weighted by Crippen LogP contribution is -2.42. The SMILES string of the molecule is CCOc1ccc(C(C)NC(=O)NCC(C)(C)CC(C)O)cc1. The molecular weight excluding hydrogens is 292 g/mol. The van der Waals surface area contributed by atoms with Crippen molar-refractivity contribution in [2.24, 2.45) is 5.41 Å². The van der Waals surface area contributed by atoms with Crippen LogP contribution >= 0.6 is 0 Å². The quantitative estimate of drug-likeness (QED) is 0.688. The van der Waals surface area contributed by atoms with Crippen molar-refractivity contribution in [3.05, 3.63) is 29.8 Å². The third-order valence-corrected chi connectivity index (χ3v) is 3.61. The minimum atomic E-state index is -0.377. The van der Waals surface area contributed by atoms with E-state index in [1.165, 1.54) is 0 Å². The van der Waals surface area contributed by atoms with Crippen LogP contribution in [0.1, 0.15) is 52.6 Å². The summed E-state index contributed by atoms with van der Waals surface area (Å²) in [5.74, 6) is 0.827. The molecule has 2 amide bonds. The summed E-state index contributed by atoms with van der Waals surface area (Å²) >= 11 is 0. The zero-order chi connectivity index (χ0) is 17.5. The molecule has 23 heavy (non-hydrogen) atoms. The fourth-order valence-corrected chi connectivity index (χ4v) is 2.54. The first-order chi connectivity index (χ1) is 10.7. The fraction of sp³-hybridized carbons (Fsp3) is 0.611. The number of carbonyl (C=O) groups is 1. The van der Waals surface area contributed by atoms with E-state index in [0.717, 1.165) is 11.3 Å². The van der Waals surface area contributed by atoms with Crippen LogP contribution in [-0.2, 0) is 0 Å². The topological polar surface area (TPSA) is 70.6 Å².